The molecular formula is C20H23ClN2O5S. The first-order valence-corrected chi connectivity index (χ1v) is 11.1. The Kier molecular flexibility index (Phi) is 6.66. The van der Waals surface area contributed by atoms with E-state index in [-0.39, 0.29) is 28.1 Å². The molecule has 0 saturated carbocycles. The fourth-order valence-electron chi connectivity index (χ4n) is 3.02. The number of fused-ring (bicyclic) bond motifs is 1. The lowest BCUT2D eigenvalue weighted by Gasteiger charge is -2.26. The van der Waals surface area contributed by atoms with Gasteiger partial charge in [0.05, 0.1) is 22.0 Å². The van der Waals surface area contributed by atoms with E-state index in [1.165, 1.54) is 22.5 Å². The normalized spacial score (nSPS) is 15.9. The number of amides is 1. The van der Waals surface area contributed by atoms with Crippen molar-refractivity contribution < 1.29 is 22.7 Å². The van der Waals surface area contributed by atoms with Gasteiger partial charge in [0.2, 0.25) is 10.0 Å². The standard InChI is InChI=1S/C20H23ClN2O5S/c1-3-23(4-2)29(25,26)15-9-10-17(21)16(11-15)20(24)22-12-14-13-27-18-7-5-6-8-19(18)28-14/h5-11,14H,3-4,12-13H2,1-2H3,(H,22,24). The Morgan fingerprint density at radius 3 is 2.55 bits per heavy atom. The molecule has 1 aliphatic heterocycles. The van der Waals surface area contributed by atoms with Gasteiger partial charge in [0.15, 0.2) is 11.5 Å². The minimum atomic E-state index is -3.69. The first-order valence-electron chi connectivity index (χ1n) is 9.33. The van der Waals surface area contributed by atoms with Crippen molar-refractivity contribution in [2.75, 3.05) is 26.2 Å². The van der Waals surface area contributed by atoms with Crippen LogP contribution in [0.5, 0.6) is 11.5 Å². The number of halogens is 1. The van der Waals surface area contributed by atoms with Crippen LogP contribution in [0.1, 0.15) is 24.2 Å². The fourth-order valence-corrected chi connectivity index (χ4v) is 4.71. The SMILES string of the molecule is CCN(CC)S(=O)(=O)c1ccc(Cl)c(C(=O)NCC2COc3ccccc3O2)c1. The van der Waals surface area contributed by atoms with Crippen molar-refractivity contribution in [1.29, 1.82) is 0 Å². The third kappa shape index (κ3) is 4.66. The molecule has 0 aromatic heterocycles. The lowest BCUT2D eigenvalue weighted by molar-refractivity contribution is 0.0789. The molecule has 29 heavy (non-hydrogen) atoms. The zero-order chi connectivity index (χ0) is 21.0. The Morgan fingerprint density at radius 1 is 1.17 bits per heavy atom. The van der Waals surface area contributed by atoms with Gasteiger partial charge in [-0.15, -0.1) is 0 Å². The maximum Gasteiger partial charge on any atom is 0.252 e. The van der Waals surface area contributed by atoms with Gasteiger partial charge < -0.3 is 14.8 Å². The van der Waals surface area contributed by atoms with Crippen LogP contribution in [0.15, 0.2) is 47.4 Å². The van der Waals surface area contributed by atoms with E-state index in [1.54, 1.807) is 19.9 Å². The van der Waals surface area contributed by atoms with E-state index in [0.29, 0.717) is 31.2 Å². The summed E-state index contributed by atoms with van der Waals surface area (Å²) >= 11 is 6.15. The van der Waals surface area contributed by atoms with Crippen molar-refractivity contribution >= 4 is 27.5 Å². The van der Waals surface area contributed by atoms with Crippen molar-refractivity contribution in [2.24, 2.45) is 0 Å². The van der Waals surface area contributed by atoms with Crippen LogP contribution in [0.3, 0.4) is 0 Å². The quantitative estimate of drug-likeness (QED) is 0.718. The highest BCUT2D eigenvalue weighted by Crippen LogP contribution is 2.30. The number of benzene rings is 2. The molecular weight excluding hydrogens is 416 g/mol. The molecule has 9 heteroatoms. The number of rotatable bonds is 7. The average Bonchev–Trinajstić information content (AvgIpc) is 2.72. The van der Waals surface area contributed by atoms with Crippen molar-refractivity contribution in [3.63, 3.8) is 0 Å². The van der Waals surface area contributed by atoms with Crippen LogP contribution in [0, 0.1) is 0 Å². The summed E-state index contributed by atoms with van der Waals surface area (Å²) < 4.78 is 38.2. The molecule has 7 nitrogen and oxygen atoms in total. The lowest BCUT2D eigenvalue weighted by atomic mass is 10.2. The van der Waals surface area contributed by atoms with Gasteiger partial charge in [0.1, 0.15) is 12.7 Å². The number of ether oxygens (including phenoxy) is 2. The van der Waals surface area contributed by atoms with Crippen molar-refractivity contribution in [2.45, 2.75) is 24.8 Å². The van der Waals surface area contributed by atoms with Crippen molar-refractivity contribution in [1.82, 2.24) is 9.62 Å². The topological polar surface area (TPSA) is 84.9 Å². The monoisotopic (exact) mass is 438 g/mol. The predicted octanol–water partition coefficient (Wildman–Crippen LogP) is 2.94. The Hall–Kier alpha value is -2.29. The largest absolute Gasteiger partial charge is 0.486 e. The number of carbonyl (C=O) groups is 1. The van der Waals surface area contributed by atoms with Gasteiger partial charge in [0.25, 0.3) is 5.91 Å². The van der Waals surface area contributed by atoms with Crippen LogP contribution in [0.2, 0.25) is 5.02 Å². The zero-order valence-electron chi connectivity index (χ0n) is 16.2. The summed E-state index contributed by atoms with van der Waals surface area (Å²) in [6.07, 6.45) is -0.366. The number of para-hydroxylation sites is 2. The van der Waals surface area contributed by atoms with Gasteiger partial charge in [-0.05, 0) is 30.3 Å². The van der Waals surface area contributed by atoms with Gasteiger partial charge in [-0.2, -0.15) is 4.31 Å². The Labute approximate surface area is 175 Å². The predicted molar refractivity (Wildman–Crippen MR) is 110 cm³/mol. The van der Waals surface area contributed by atoms with Crippen LogP contribution >= 0.6 is 11.6 Å². The summed E-state index contributed by atoms with van der Waals surface area (Å²) in [5.41, 5.74) is 0.0945. The molecule has 0 spiro atoms. The van der Waals surface area contributed by atoms with E-state index >= 15 is 0 Å². The first-order chi connectivity index (χ1) is 13.9. The minimum Gasteiger partial charge on any atom is -0.486 e. The van der Waals surface area contributed by atoms with Gasteiger partial charge in [-0.1, -0.05) is 37.6 Å². The van der Waals surface area contributed by atoms with E-state index in [9.17, 15) is 13.2 Å². The molecule has 0 radical (unpaired) electrons. The molecule has 1 atom stereocenters. The van der Waals surface area contributed by atoms with Gasteiger partial charge in [-0.25, -0.2) is 8.42 Å². The van der Waals surface area contributed by atoms with Gasteiger partial charge in [-0.3, -0.25) is 4.79 Å². The maximum atomic E-state index is 12.7. The molecule has 3 rings (SSSR count). The molecule has 1 N–H and O–H groups in total. The molecule has 2 aromatic carbocycles. The van der Waals surface area contributed by atoms with Crippen molar-refractivity contribution in [3.05, 3.63) is 53.1 Å². The molecule has 1 amide bonds. The molecule has 0 bridgehead atoms. The van der Waals surface area contributed by atoms with Crippen LogP contribution in [-0.4, -0.2) is 51.0 Å². The molecule has 0 saturated heterocycles. The highest BCUT2D eigenvalue weighted by molar-refractivity contribution is 7.89. The van der Waals surface area contributed by atoms with Crippen LogP contribution in [-0.2, 0) is 10.0 Å². The zero-order valence-corrected chi connectivity index (χ0v) is 17.8. The van der Waals surface area contributed by atoms with Crippen LogP contribution in [0.25, 0.3) is 0 Å². The van der Waals surface area contributed by atoms with E-state index in [4.69, 9.17) is 21.1 Å². The summed E-state index contributed by atoms with van der Waals surface area (Å²) in [6, 6.07) is 11.4. The fraction of sp³-hybridized carbons (Fsp3) is 0.350. The first kappa shape index (κ1) is 21.4. The summed E-state index contributed by atoms with van der Waals surface area (Å²) in [5.74, 6) is 0.796. The highest BCUT2D eigenvalue weighted by Gasteiger charge is 2.25. The summed E-state index contributed by atoms with van der Waals surface area (Å²) in [4.78, 5) is 12.7. The smallest absolute Gasteiger partial charge is 0.252 e. The van der Waals surface area contributed by atoms with Crippen LogP contribution in [0.4, 0.5) is 0 Å². The summed E-state index contributed by atoms with van der Waals surface area (Å²) in [5, 5.41) is 2.91. The molecule has 156 valence electrons. The number of hydrogen-bond donors (Lipinski definition) is 1. The number of hydrogen-bond acceptors (Lipinski definition) is 5. The average molecular weight is 439 g/mol. The van der Waals surface area contributed by atoms with E-state index in [1.807, 2.05) is 18.2 Å². The molecule has 1 unspecified atom stereocenters. The second-order valence-corrected chi connectivity index (χ2v) is 8.78. The van der Waals surface area contributed by atoms with E-state index in [2.05, 4.69) is 5.32 Å². The second-order valence-electron chi connectivity index (χ2n) is 6.44. The molecule has 2 aromatic rings. The number of nitrogens with one attached hydrogen (secondary N) is 1. The van der Waals surface area contributed by atoms with E-state index < -0.39 is 15.9 Å². The van der Waals surface area contributed by atoms with Crippen LogP contribution < -0.4 is 14.8 Å². The van der Waals surface area contributed by atoms with E-state index in [0.717, 1.165) is 0 Å². The highest BCUT2D eigenvalue weighted by atomic mass is 35.5. The Balaban J connectivity index is 1.71. The lowest BCUT2D eigenvalue weighted by Crippen LogP contribution is -2.40. The molecule has 1 aliphatic rings. The minimum absolute atomic E-state index is 0.0296. The van der Waals surface area contributed by atoms with Crippen molar-refractivity contribution in [3.8, 4) is 11.5 Å². The third-order valence-corrected chi connectivity index (χ3v) is 6.96. The second kappa shape index (κ2) is 9.02. The number of sulfonamides is 1. The third-order valence-electron chi connectivity index (χ3n) is 4.58. The molecule has 0 aliphatic carbocycles. The number of carbonyl (C=O) groups excluding carboxylic acids is 1. The Morgan fingerprint density at radius 2 is 1.86 bits per heavy atom. The molecule has 0 fully saturated rings. The molecule has 1 heterocycles. The summed E-state index contributed by atoms with van der Waals surface area (Å²) in [6.45, 7) is 4.68. The van der Waals surface area contributed by atoms with Gasteiger partial charge in [0, 0.05) is 13.1 Å². The summed E-state index contributed by atoms with van der Waals surface area (Å²) in [7, 11) is -3.69. The Bertz CT molecular complexity index is 992. The number of nitrogens with zero attached hydrogens (tertiary/aromatic N) is 1. The van der Waals surface area contributed by atoms with Gasteiger partial charge >= 0.3 is 0 Å². The maximum absolute atomic E-state index is 12.7.